The van der Waals surface area contributed by atoms with Crippen LogP contribution in [0, 0.1) is 12.3 Å². The summed E-state index contributed by atoms with van der Waals surface area (Å²) in [5.74, 6) is 0. The minimum absolute atomic E-state index is 0.0479. The van der Waals surface area contributed by atoms with E-state index in [2.05, 4.69) is 50.1 Å². The largest absolute Gasteiger partial charge is 0.396 e. The summed E-state index contributed by atoms with van der Waals surface area (Å²) in [6.45, 7) is 6.74. The van der Waals surface area contributed by atoms with Crippen LogP contribution in [-0.4, -0.2) is 43.4 Å². The van der Waals surface area contributed by atoms with Gasteiger partial charge in [0.15, 0.2) is 0 Å². The molecule has 0 amide bonds. The first-order chi connectivity index (χ1) is 8.56. The summed E-state index contributed by atoms with van der Waals surface area (Å²) in [6.07, 6.45) is 0. The summed E-state index contributed by atoms with van der Waals surface area (Å²) in [7, 11) is 2.11. The lowest BCUT2D eigenvalue weighted by Gasteiger charge is -2.43. The molecule has 1 saturated heterocycles. The van der Waals surface area contributed by atoms with Gasteiger partial charge in [0, 0.05) is 12.6 Å². The average Bonchev–Trinajstić information content (AvgIpc) is 2.33. The van der Waals surface area contributed by atoms with Gasteiger partial charge in [-0.25, -0.2) is 0 Å². The second-order valence-electron chi connectivity index (χ2n) is 5.65. The fourth-order valence-electron chi connectivity index (χ4n) is 2.39. The number of rotatable bonds is 5. The first-order valence-corrected chi connectivity index (χ1v) is 6.52. The lowest BCUT2D eigenvalue weighted by atomic mass is 9.86. The maximum Gasteiger partial charge on any atom is 0.0579 e. The molecule has 1 unspecified atom stereocenters. The van der Waals surface area contributed by atoms with E-state index in [4.69, 9.17) is 4.74 Å². The maximum absolute atomic E-state index is 9.47. The third-order valence-corrected chi connectivity index (χ3v) is 3.96. The topological polar surface area (TPSA) is 32.7 Å². The molecule has 1 aromatic rings. The fourth-order valence-corrected chi connectivity index (χ4v) is 2.39. The van der Waals surface area contributed by atoms with Crippen molar-refractivity contribution in [1.82, 2.24) is 4.90 Å². The van der Waals surface area contributed by atoms with Crippen LogP contribution in [0.3, 0.4) is 0 Å². The zero-order valence-corrected chi connectivity index (χ0v) is 11.5. The molecule has 0 radical (unpaired) electrons. The van der Waals surface area contributed by atoms with Gasteiger partial charge in [0.05, 0.1) is 25.2 Å². The molecule has 100 valence electrons. The third-order valence-electron chi connectivity index (χ3n) is 3.96. The van der Waals surface area contributed by atoms with Crippen molar-refractivity contribution in [1.29, 1.82) is 0 Å². The Hall–Kier alpha value is -0.900. The van der Waals surface area contributed by atoms with Gasteiger partial charge in [-0.3, -0.25) is 4.90 Å². The summed E-state index contributed by atoms with van der Waals surface area (Å²) >= 11 is 0. The molecule has 0 aromatic heterocycles. The van der Waals surface area contributed by atoms with Gasteiger partial charge in [0.1, 0.15) is 0 Å². The number of nitrogens with zero attached hydrogens (tertiary/aromatic N) is 1. The van der Waals surface area contributed by atoms with Gasteiger partial charge in [-0.15, -0.1) is 0 Å². The van der Waals surface area contributed by atoms with Crippen molar-refractivity contribution in [3.63, 3.8) is 0 Å². The highest BCUT2D eigenvalue weighted by atomic mass is 16.5. The van der Waals surface area contributed by atoms with E-state index in [1.165, 1.54) is 11.1 Å². The normalized spacial score (nSPS) is 19.6. The van der Waals surface area contributed by atoms with Crippen LogP contribution < -0.4 is 0 Å². The second-order valence-corrected chi connectivity index (χ2v) is 5.65. The van der Waals surface area contributed by atoms with Crippen LogP contribution in [0.5, 0.6) is 0 Å². The van der Waals surface area contributed by atoms with Gasteiger partial charge < -0.3 is 9.84 Å². The molecule has 1 atom stereocenters. The van der Waals surface area contributed by atoms with Gasteiger partial charge in [-0.1, -0.05) is 29.8 Å². The Morgan fingerprint density at radius 1 is 1.33 bits per heavy atom. The van der Waals surface area contributed by atoms with E-state index in [-0.39, 0.29) is 12.0 Å². The molecule has 1 aromatic carbocycles. The minimum Gasteiger partial charge on any atom is -0.396 e. The van der Waals surface area contributed by atoms with Crippen LogP contribution in [-0.2, 0) is 4.74 Å². The van der Waals surface area contributed by atoms with Crippen molar-refractivity contribution in [3.05, 3.63) is 35.4 Å². The zero-order valence-electron chi connectivity index (χ0n) is 11.5. The summed E-state index contributed by atoms with van der Waals surface area (Å²) in [4.78, 5) is 2.30. The molecule has 3 nitrogen and oxygen atoms in total. The predicted molar refractivity (Wildman–Crippen MR) is 72.6 cm³/mol. The zero-order chi connectivity index (χ0) is 13.2. The Morgan fingerprint density at radius 2 is 1.94 bits per heavy atom. The second kappa shape index (κ2) is 5.39. The Morgan fingerprint density at radius 3 is 2.39 bits per heavy atom. The molecule has 0 saturated carbocycles. The molecule has 1 aliphatic rings. The summed E-state index contributed by atoms with van der Waals surface area (Å²) in [5.41, 5.74) is 2.55. The van der Waals surface area contributed by atoms with Crippen LogP contribution in [0.1, 0.15) is 24.1 Å². The highest BCUT2D eigenvalue weighted by Crippen LogP contribution is 2.30. The molecule has 1 N–H and O–H groups in total. The van der Waals surface area contributed by atoms with Crippen LogP contribution in [0.25, 0.3) is 0 Å². The van der Waals surface area contributed by atoms with Crippen molar-refractivity contribution in [2.75, 3.05) is 33.4 Å². The van der Waals surface area contributed by atoms with E-state index in [1.54, 1.807) is 0 Å². The lowest BCUT2D eigenvalue weighted by molar-refractivity contribution is -0.149. The van der Waals surface area contributed by atoms with E-state index in [0.29, 0.717) is 19.3 Å². The Bertz CT molecular complexity index is 378. The molecule has 0 bridgehead atoms. The molecule has 0 spiro atoms. The molecular formula is C15H23NO2. The molecule has 2 rings (SSSR count). The van der Waals surface area contributed by atoms with E-state index in [1.807, 2.05) is 0 Å². The number of ether oxygens (including phenoxy) is 1. The first kappa shape index (κ1) is 13.5. The van der Waals surface area contributed by atoms with Crippen LogP contribution >= 0.6 is 0 Å². The third kappa shape index (κ3) is 2.74. The van der Waals surface area contributed by atoms with E-state index >= 15 is 0 Å². The maximum atomic E-state index is 9.47. The monoisotopic (exact) mass is 249 g/mol. The van der Waals surface area contributed by atoms with E-state index in [0.717, 1.165) is 6.54 Å². The SMILES string of the molecule is Cc1ccc(C(C)N(C)CC2(CO)COC2)cc1. The number of hydrogen-bond donors (Lipinski definition) is 1. The van der Waals surface area contributed by atoms with Crippen LogP contribution in [0.4, 0.5) is 0 Å². The lowest BCUT2D eigenvalue weighted by Crippen LogP contribution is -2.52. The number of aryl methyl sites for hydroxylation is 1. The minimum atomic E-state index is -0.0479. The number of hydrogen-bond acceptors (Lipinski definition) is 3. The van der Waals surface area contributed by atoms with Crippen molar-refractivity contribution < 1.29 is 9.84 Å². The quantitative estimate of drug-likeness (QED) is 0.866. The van der Waals surface area contributed by atoms with E-state index < -0.39 is 0 Å². The van der Waals surface area contributed by atoms with Gasteiger partial charge in [0.25, 0.3) is 0 Å². The van der Waals surface area contributed by atoms with Gasteiger partial charge in [-0.05, 0) is 26.5 Å². The van der Waals surface area contributed by atoms with Crippen molar-refractivity contribution in [3.8, 4) is 0 Å². The smallest absolute Gasteiger partial charge is 0.0579 e. The predicted octanol–water partition coefficient (Wildman–Crippen LogP) is 2.00. The van der Waals surface area contributed by atoms with Crippen LogP contribution in [0.2, 0.25) is 0 Å². The Kier molecular flexibility index (Phi) is 4.05. The standard InChI is InChI=1S/C15H23NO2/c1-12-4-6-14(7-5-12)13(2)16(3)8-15(9-17)10-18-11-15/h4-7,13,17H,8-11H2,1-3H3. The summed E-state index contributed by atoms with van der Waals surface area (Å²) in [5, 5.41) is 9.47. The highest BCUT2D eigenvalue weighted by molar-refractivity contribution is 5.23. The van der Waals surface area contributed by atoms with Crippen molar-refractivity contribution in [2.45, 2.75) is 19.9 Å². The molecule has 1 fully saturated rings. The average molecular weight is 249 g/mol. The van der Waals surface area contributed by atoms with Crippen molar-refractivity contribution >= 4 is 0 Å². The number of benzene rings is 1. The Labute approximate surface area is 109 Å². The van der Waals surface area contributed by atoms with Crippen molar-refractivity contribution in [2.24, 2.45) is 5.41 Å². The van der Waals surface area contributed by atoms with E-state index in [9.17, 15) is 5.11 Å². The molecule has 3 heteroatoms. The summed E-state index contributed by atoms with van der Waals surface area (Å²) < 4.78 is 5.24. The van der Waals surface area contributed by atoms with Gasteiger partial charge in [0.2, 0.25) is 0 Å². The number of aliphatic hydroxyl groups is 1. The summed E-state index contributed by atoms with van der Waals surface area (Å²) in [6, 6.07) is 9.01. The van der Waals surface area contributed by atoms with Gasteiger partial charge >= 0.3 is 0 Å². The molecular weight excluding hydrogens is 226 g/mol. The first-order valence-electron chi connectivity index (χ1n) is 6.52. The Balaban J connectivity index is 2.00. The molecule has 1 aliphatic heterocycles. The number of aliphatic hydroxyl groups excluding tert-OH is 1. The fraction of sp³-hybridized carbons (Fsp3) is 0.600. The molecule has 18 heavy (non-hydrogen) atoms. The molecule has 1 heterocycles. The van der Waals surface area contributed by atoms with Gasteiger partial charge in [-0.2, -0.15) is 0 Å². The highest BCUT2D eigenvalue weighted by Gasteiger charge is 2.39. The molecule has 0 aliphatic carbocycles. The van der Waals surface area contributed by atoms with Crippen LogP contribution in [0.15, 0.2) is 24.3 Å².